The predicted octanol–water partition coefficient (Wildman–Crippen LogP) is 0.712. The second-order valence-electron chi connectivity index (χ2n) is 2.92. The molecule has 0 radical (unpaired) electrons. The van der Waals surface area contributed by atoms with E-state index in [1.807, 2.05) is 6.92 Å². The molecule has 0 aromatic heterocycles. The highest BCUT2D eigenvalue weighted by Crippen LogP contribution is 1.82. The van der Waals surface area contributed by atoms with Crippen molar-refractivity contribution in [2.45, 2.75) is 46.1 Å². The van der Waals surface area contributed by atoms with Crippen molar-refractivity contribution in [3.8, 4) is 0 Å². The molecule has 0 rings (SSSR count). The molecular formula is C10H22O6. The van der Waals surface area contributed by atoms with E-state index in [0.717, 1.165) is 6.42 Å². The van der Waals surface area contributed by atoms with Gasteiger partial charge in [-0.25, -0.2) is 0 Å². The van der Waals surface area contributed by atoms with E-state index in [0.29, 0.717) is 6.42 Å². The Bertz CT molecular complexity index is 167. The number of hydrogen-bond donors (Lipinski definition) is 4. The summed E-state index contributed by atoms with van der Waals surface area (Å²) in [5.74, 6) is -1.46. The zero-order valence-corrected chi connectivity index (χ0v) is 10.0. The Balaban J connectivity index is -0.000000160. The van der Waals surface area contributed by atoms with Crippen LogP contribution in [0, 0.1) is 0 Å². The van der Waals surface area contributed by atoms with Crippen LogP contribution in [0.15, 0.2) is 0 Å². The van der Waals surface area contributed by atoms with Gasteiger partial charge in [0.05, 0.1) is 12.7 Å². The van der Waals surface area contributed by atoms with Crippen LogP contribution in [0.4, 0.5) is 0 Å². The molecule has 4 N–H and O–H groups in total. The first-order valence-corrected chi connectivity index (χ1v) is 5.04. The van der Waals surface area contributed by atoms with Crippen LogP contribution in [-0.4, -0.2) is 45.1 Å². The van der Waals surface area contributed by atoms with Crippen LogP contribution in [0.3, 0.4) is 0 Å². The molecule has 1 atom stereocenters. The van der Waals surface area contributed by atoms with Gasteiger partial charge in [-0.2, -0.15) is 0 Å². The van der Waals surface area contributed by atoms with E-state index < -0.39 is 18.0 Å². The van der Waals surface area contributed by atoms with Gasteiger partial charge < -0.3 is 20.4 Å². The molecule has 0 bridgehead atoms. The summed E-state index contributed by atoms with van der Waals surface area (Å²) in [6.07, 6.45) is 0.685. The van der Waals surface area contributed by atoms with Crippen molar-refractivity contribution in [1.82, 2.24) is 0 Å². The van der Waals surface area contributed by atoms with Crippen LogP contribution in [0.2, 0.25) is 0 Å². The number of rotatable bonds is 4. The largest absolute Gasteiger partial charge is 0.481 e. The van der Waals surface area contributed by atoms with Crippen molar-refractivity contribution >= 4 is 11.9 Å². The molecule has 0 aliphatic heterocycles. The summed E-state index contributed by atoms with van der Waals surface area (Å²) >= 11 is 0. The van der Waals surface area contributed by atoms with E-state index in [2.05, 4.69) is 0 Å². The molecule has 1 unspecified atom stereocenters. The fraction of sp³-hybridized carbons (Fsp3) is 0.800. The number of aliphatic hydroxyl groups is 2. The van der Waals surface area contributed by atoms with Gasteiger partial charge in [-0.3, -0.25) is 9.59 Å². The number of carbonyl (C=O) groups is 2. The van der Waals surface area contributed by atoms with Crippen molar-refractivity contribution in [2.75, 3.05) is 6.61 Å². The van der Waals surface area contributed by atoms with Gasteiger partial charge in [0.25, 0.3) is 0 Å². The first-order chi connectivity index (χ1) is 7.31. The minimum Gasteiger partial charge on any atom is -0.481 e. The van der Waals surface area contributed by atoms with Crippen LogP contribution >= 0.6 is 0 Å². The number of hydrogen-bond acceptors (Lipinski definition) is 4. The van der Waals surface area contributed by atoms with Crippen LogP contribution in [0.1, 0.15) is 40.0 Å². The second kappa shape index (κ2) is 16.3. The topological polar surface area (TPSA) is 115 Å². The van der Waals surface area contributed by atoms with Crippen molar-refractivity contribution in [3.05, 3.63) is 0 Å². The lowest BCUT2D eigenvalue weighted by Gasteiger charge is -1.90. The molecule has 0 spiro atoms. The summed E-state index contributed by atoms with van der Waals surface area (Å²) in [6, 6.07) is 0. The molecule has 0 saturated carbocycles. The van der Waals surface area contributed by atoms with Gasteiger partial charge in [0.2, 0.25) is 0 Å². The van der Waals surface area contributed by atoms with Gasteiger partial charge in [-0.05, 0) is 13.3 Å². The monoisotopic (exact) mass is 238 g/mol. The van der Waals surface area contributed by atoms with Gasteiger partial charge in [0.15, 0.2) is 0 Å². The van der Waals surface area contributed by atoms with Crippen molar-refractivity contribution in [3.63, 3.8) is 0 Å². The summed E-state index contributed by atoms with van der Waals surface area (Å²) in [5.41, 5.74) is 0. The highest BCUT2D eigenvalue weighted by atomic mass is 16.4. The maximum Gasteiger partial charge on any atom is 0.303 e. The lowest BCUT2D eigenvalue weighted by Crippen LogP contribution is -2.03. The third kappa shape index (κ3) is 52.7. The molecule has 0 saturated heterocycles. The van der Waals surface area contributed by atoms with Gasteiger partial charge in [0.1, 0.15) is 0 Å². The van der Waals surface area contributed by atoms with Crippen molar-refractivity contribution < 1.29 is 30.0 Å². The molecule has 6 heteroatoms. The van der Waals surface area contributed by atoms with E-state index in [-0.39, 0.29) is 13.0 Å². The number of aliphatic hydroxyl groups excluding tert-OH is 2. The van der Waals surface area contributed by atoms with E-state index in [9.17, 15) is 9.59 Å². The van der Waals surface area contributed by atoms with Crippen molar-refractivity contribution in [1.29, 1.82) is 0 Å². The maximum absolute atomic E-state index is 9.60. The normalized spacial score (nSPS) is 10.1. The molecular weight excluding hydrogens is 216 g/mol. The van der Waals surface area contributed by atoms with Gasteiger partial charge in [0, 0.05) is 12.8 Å². The summed E-state index contributed by atoms with van der Waals surface area (Å²) in [7, 11) is 0. The standard InChI is InChI=1S/C4H8O2.C3H8O2.C3H6O2/c1-2-3-4(5)6;1-3(5)2-4;1-2-3(4)5/h2-3H2,1H3,(H,5,6);3-5H,2H2,1H3;2H2,1H3,(H,4,5). The summed E-state index contributed by atoms with van der Waals surface area (Å²) in [5, 5.41) is 31.6. The molecule has 0 aliphatic rings. The maximum atomic E-state index is 9.60. The zero-order chi connectivity index (χ0) is 13.6. The second-order valence-corrected chi connectivity index (χ2v) is 2.92. The van der Waals surface area contributed by atoms with Crippen LogP contribution in [0.5, 0.6) is 0 Å². The van der Waals surface area contributed by atoms with Crippen molar-refractivity contribution in [2.24, 2.45) is 0 Å². The van der Waals surface area contributed by atoms with Gasteiger partial charge in [-0.15, -0.1) is 0 Å². The molecule has 16 heavy (non-hydrogen) atoms. The molecule has 98 valence electrons. The Morgan fingerprint density at radius 3 is 1.44 bits per heavy atom. The minimum absolute atomic E-state index is 0.139. The summed E-state index contributed by atoms with van der Waals surface area (Å²) in [4.78, 5) is 19.0. The Labute approximate surface area is 95.5 Å². The first-order valence-electron chi connectivity index (χ1n) is 5.04. The highest BCUT2D eigenvalue weighted by Gasteiger charge is 1.87. The Morgan fingerprint density at radius 2 is 1.44 bits per heavy atom. The number of carboxylic acid groups (broad SMARTS) is 2. The van der Waals surface area contributed by atoms with Gasteiger partial charge >= 0.3 is 11.9 Å². The SMILES string of the molecule is CC(O)CO.CCC(=O)O.CCCC(=O)O. The van der Waals surface area contributed by atoms with Crippen LogP contribution < -0.4 is 0 Å². The average Bonchev–Trinajstić information content (AvgIpc) is 2.19. The molecule has 0 aromatic carbocycles. The number of aliphatic carboxylic acids is 2. The van der Waals surface area contributed by atoms with Crippen LogP contribution in [0.25, 0.3) is 0 Å². The fourth-order valence-corrected chi connectivity index (χ4v) is 0.214. The third-order valence-electron chi connectivity index (χ3n) is 1.03. The molecule has 0 aromatic rings. The smallest absolute Gasteiger partial charge is 0.303 e. The average molecular weight is 238 g/mol. The molecule has 0 fully saturated rings. The highest BCUT2D eigenvalue weighted by molar-refractivity contribution is 5.66. The summed E-state index contributed by atoms with van der Waals surface area (Å²) < 4.78 is 0. The lowest BCUT2D eigenvalue weighted by molar-refractivity contribution is -0.137. The minimum atomic E-state index is -0.745. The fourth-order valence-electron chi connectivity index (χ4n) is 0.214. The Kier molecular flexibility index (Phi) is 20.7. The van der Waals surface area contributed by atoms with Crippen LogP contribution in [-0.2, 0) is 9.59 Å². The lowest BCUT2D eigenvalue weighted by atomic mass is 10.4. The van der Waals surface area contributed by atoms with E-state index >= 15 is 0 Å². The molecule has 0 aliphatic carbocycles. The molecule has 0 heterocycles. The van der Waals surface area contributed by atoms with E-state index in [4.69, 9.17) is 20.4 Å². The number of carboxylic acids is 2. The zero-order valence-electron chi connectivity index (χ0n) is 10.0. The summed E-state index contributed by atoms with van der Waals surface area (Å²) in [6.45, 7) is 4.83. The van der Waals surface area contributed by atoms with Gasteiger partial charge in [-0.1, -0.05) is 13.8 Å². The molecule has 6 nitrogen and oxygen atoms in total. The predicted molar refractivity (Wildman–Crippen MR) is 59.2 cm³/mol. The Hall–Kier alpha value is -1.14. The quantitative estimate of drug-likeness (QED) is 0.573. The van der Waals surface area contributed by atoms with E-state index in [1.165, 1.54) is 6.92 Å². The molecule has 0 amide bonds. The third-order valence-corrected chi connectivity index (χ3v) is 1.03. The first kappa shape index (κ1) is 20.3. The Morgan fingerprint density at radius 1 is 1.12 bits per heavy atom. The van der Waals surface area contributed by atoms with E-state index in [1.54, 1.807) is 6.92 Å².